The highest BCUT2D eigenvalue weighted by atomic mass is 19.4. The van der Waals surface area contributed by atoms with Crippen LogP contribution in [0, 0.1) is 12.7 Å². The first kappa shape index (κ1) is 19.9. The molecule has 1 amide bonds. The summed E-state index contributed by atoms with van der Waals surface area (Å²) < 4.78 is 55.8. The molecule has 0 fully saturated rings. The molecule has 3 heterocycles. The molecule has 1 aliphatic heterocycles. The third-order valence-electron chi connectivity index (χ3n) is 4.83. The number of rotatable bonds is 3. The molecule has 0 unspecified atom stereocenters. The Morgan fingerprint density at radius 1 is 1.10 bits per heavy atom. The number of carbonyl (C=O) groups excluding carboxylic acids is 1. The third kappa shape index (κ3) is 3.98. The first-order valence-electron chi connectivity index (χ1n) is 9.03. The fraction of sp³-hybridized carbons (Fsp3) is 0.250. The van der Waals surface area contributed by atoms with E-state index in [4.69, 9.17) is 0 Å². The SMILES string of the molecule is Cc1cc(F)ccc1-c1cnn2c1CN(C(=O)c1ccc(OC(F)(F)F)cn1)CC2. The molecule has 2 aromatic heterocycles. The van der Waals surface area contributed by atoms with Crippen LogP contribution in [-0.2, 0) is 13.1 Å². The summed E-state index contributed by atoms with van der Waals surface area (Å²) in [5, 5.41) is 4.36. The van der Waals surface area contributed by atoms with Crippen molar-refractivity contribution in [3.63, 3.8) is 0 Å². The van der Waals surface area contributed by atoms with Crippen LogP contribution in [0.5, 0.6) is 5.75 Å². The summed E-state index contributed by atoms with van der Waals surface area (Å²) in [5.74, 6) is -1.24. The van der Waals surface area contributed by atoms with E-state index in [1.165, 1.54) is 18.2 Å². The van der Waals surface area contributed by atoms with Crippen molar-refractivity contribution in [1.29, 1.82) is 0 Å². The Labute approximate surface area is 168 Å². The van der Waals surface area contributed by atoms with Crippen molar-refractivity contribution < 1.29 is 27.1 Å². The molecule has 0 saturated carbocycles. The lowest BCUT2D eigenvalue weighted by atomic mass is 10.00. The monoisotopic (exact) mass is 420 g/mol. The van der Waals surface area contributed by atoms with E-state index in [1.807, 2.05) is 0 Å². The number of carbonyl (C=O) groups is 1. The van der Waals surface area contributed by atoms with E-state index in [0.717, 1.165) is 34.6 Å². The Morgan fingerprint density at radius 2 is 1.90 bits per heavy atom. The van der Waals surface area contributed by atoms with E-state index in [-0.39, 0.29) is 18.1 Å². The molecular weight excluding hydrogens is 404 g/mol. The molecule has 156 valence electrons. The second-order valence-corrected chi connectivity index (χ2v) is 6.84. The number of ether oxygens (including phenoxy) is 1. The average molecular weight is 420 g/mol. The van der Waals surface area contributed by atoms with Gasteiger partial charge in [0.15, 0.2) is 0 Å². The molecule has 0 saturated heterocycles. The summed E-state index contributed by atoms with van der Waals surface area (Å²) >= 11 is 0. The first-order chi connectivity index (χ1) is 14.2. The van der Waals surface area contributed by atoms with Crippen molar-refractivity contribution in [1.82, 2.24) is 19.7 Å². The summed E-state index contributed by atoms with van der Waals surface area (Å²) in [7, 11) is 0. The van der Waals surface area contributed by atoms with Gasteiger partial charge in [0.1, 0.15) is 17.3 Å². The zero-order valence-electron chi connectivity index (χ0n) is 15.8. The van der Waals surface area contributed by atoms with Crippen LogP contribution in [0.4, 0.5) is 17.6 Å². The van der Waals surface area contributed by atoms with E-state index >= 15 is 0 Å². The average Bonchev–Trinajstić information content (AvgIpc) is 3.10. The second-order valence-electron chi connectivity index (χ2n) is 6.84. The minimum absolute atomic E-state index is 0.0111. The van der Waals surface area contributed by atoms with Crippen molar-refractivity contribution in [2.75, 3.05) is 6.54 Å². The number of pyridine rings is 1. The zero-order valence-corrected chi connectivity index (χ0v) is 15.8. The quantitative estimate of drug-likeness (QED) is 0.602. The van der Waals surface area contributed by atoms with Gasteiger partial charge in [0.2, 0.25) is 0 Å². The van der Waals surface area contributed by atoms with E-state index in [1.54, 1.807) is 28.8 Å². The molecule has 10 heteroatoms. The molecule has 0 radical (unpaired) electrons. The Hall–Kier alpha value is -3.43. The Kier molecular flexibility index (Phi) is 4.92. The van der Waals surface area contributed by atoms with Gasteiger partial charge in [-0.3, -0.25) is 9.48 Å². The molecule has 0 spiro atoms. The van der Waals surface area contributed by atoms with E-state index in [9.17, 15) is 22.4 Å². The maximum atomic E-state index is 13.5. The van der Waals surface area contributed by atoms with Gasteiger partial charge < -0.3 is 9.64 Å². The molecular formula is C20H16F4N4O2. The molecule has 30 heavy (non-hydrogen) atoms. The molecule has 1 aromatic carbocycles. The van der Waals surface area contributed by atoms with E-state index in [2.05, 4.69) is 14.8 Å². The van der Waals surface area contributed by atoms with Crippen LogP contribution >= 0.6 is 0 Å². The molecule has 0 N–H and O–H groups in total. The van der Waals surface area contributed by atoms with Gasteiger partial charge in [-0.2, -0.15) is 5.10 Å². The van der Waals surface area contributed by atoms with Gasteiger partial charge in [0.25, 0.3) is 5.91 Å². The lowest BCUT2D eigenvalue weighted by molar-refractivity contribution is -0.274. The molecule has 0 aliphatic carbocycles. The highest BCUT2D eigenvalue weighted by Gasteiger charge is 2.31. The predicted octanol–water partition coefficient (Wildman–Crippen LogP) is 3.95. The number of hydrogen-bond acceptors (Lipinski definition) is 4. The number of hydrogen-bond donors (Lipinski definition) is 0. The molecule has 3 aromatic rings. The smallest absolute Gasteiger partial charge is 0.404 e. The first-order valence-corrected chi connectivity index (χ1v) is 9.03. The van der Waals surface area contributed by atoms with Crippen LogP contribution < -0.4 is 4.74 Å². The number of benzene rings is 1. The van der Waals surface area contributed by atoms with Crippen molar-refractivity contribution >= 4 is 5.91 Å². The number of alkyl halides is 3. The van der Waals surface area contributed by atoms with Gasteiger partial charge in [-0.25, -0.2) is 9.37 Å². The van der Waals surface area contributed by atoms with Crippen molar-refractivity contribution in [3.8, 4) is 16.9 Å². The fourth-order valence-electron chi connectivity index (χ4n) is 3.44. The maximum Gasteiger partial charge on any atom is 0.573 e. The van der Waals surface area contributed by atoms with Crippen LogP contribution in [0.2, 0.25) is 0 Å². The normalized spacial score (nSPS) is 13.8. The zero-order chi connectivity index (χ0) is 21.5. The number of nitrogens with zero attached hydrogens (tertiary/aromatic N) is 4. The number of halogens is 4. The largest absolute Gasteiger partial charge is 0.573 e. The number of aromatic nitrogens is 3. The number of amides is 1. The lowest BCUT2D eigenvalue weighted by Gasteiger charge is -2.28. The van der Waals surface area contributed by atoms with Crippen LogP contribution in [0.1, 0.15) is 21.7 Å². The van der Waals surface area contributed by atoms with E-state index in [0.29, 0.717) is 13.1 Å². The van der Waals surface area contributed by atoms with Crippen LogP contribution in [-0.4, -0.2) is 38.5 Å². The molecule has 4 rings (SSSR count). The molecule has 0 atom stereocenters. The predicted molar refractivity (Wildman–Crippen MR) is 98.0 cm³/mol. The standard InChI is InChI=1S/C20H16F4N4O2/c1-12-8-13(21)2-4-15(12)16-10-26-28-7-6-27(11-18(16)28)19(29)17-5-3-14(9-25-17)30-20(22,23)24/h2-5,8-10H,6-7,11H2,1H3. The fourth-order valence-corrected chi connectivity index (χ4v) is 3.44. The Bertz CT molecular complexity index is 1090. The van der Waals surface area contributed by atoms with Gasteiger partial charge >= 0.3 is 6.36 Å². The second kappa shape index (κ2) is 7.43. The van der Waals surface area contributed by atoms with Crippen molar-refractivity contribution in [2.45, 2.75) is 26.4 Å². The highest BCUT2D eigenvalue weighted by molar-refractivity contribution is 5.92. The molecule has 1 aliphatic rings. The number of fused-ring (bicyclic) bond motifs is 1. The Balaban J connectivity index is 1.55. The van der Waals surface area contributed by atoms with Gasteiger partial charge in [-0.1, -0.05) is 6.07 Å². The minimum Gasteiger partial charge on any atom is -0.404 e. The lowest BCUT2D eigenvalue weighted by Crippen LogP contribution is -2.39. The third-order valence-corrected chi connectivity index (χ3v) is 4.83. The maximum absolute atomic E-state index is 13.5. The molecule has 6 nitrogen and oxygen atoms in total. The summed E-state index contributed by atoms with van der Waals surface area (Å²) in [6, 6.07) is 6.71. The summed E-state index contributed by atoms with van der Waals surface area (Å²) in [6.45, 7) is 2.87. The van der Waals surface area contributed by atoms with Crippen LogP contribution in [0.3, 0.4) is 0 Å². The van der Waals surface area contributed by atoms with Crippen LogP contribution in [0.15, 0.2) is 42.7 Å². The number of aryl methyl sites for hydroxylation is 1. The minimum atomic E-state index is -4.83. The highest BCUT2D eigenvalue weighted by Crippen LogP contribution is 2.30. The Morgan fingerprint density at radius 3 is 2.57 bits per heavy atom. The van der Waals surface area contributed by atoms with Crippen molar-refractivity contribution in [3.05, 3.63) is 65.5 Å². The van der Waals surface area contributed by atoms with Crippen LogP contribution in [0.25, 0.3) is 11.1 Å². The van der Waals surface area contributed by atoms with Gasteiger partial charge in [0.05, 0.1) is 31.2 Å². The topological polar surface area (TPSA) is 60.2 Å². The van der Waals surface area contributed by atoms with Crippen molar-refractivity contribution in [2.24, 2.45) is 0 Å². The molecule has 0 bridgehead atoms. The summed E-state index contributed by atoms with van der Waals surface area (Å²) in [5.41, 5.74) is 3.17. The van der Waals surface area contributed by atoms with Gasteiger partial charge in [-0.15, -0.1) is 13.2 Å². The van der Waals surface area contributed by atoms with Gasteiger partial charge in [-0.05, 0) is 42.3 Å². The summed E-state index contributed by atoms with van der Waals surface area (Å²) in [4.78, 5) is 18.2. The van der Waals surface area contributed by atoms with Gasteiger partial charge in [0, 0.05) is 12.1 Å². The summed E-state index contributed by atoms with van der Waals surface area (Å²) in [6.07, 6.45) is -2.28. The van der Waals surface area contributed by atoms with E-state index < -0.39 is 18.0 Å².